The summed E-state index contributed by atoms with van der Waals surface area (Å²) in [6, 6.07) is 3.78. The number of aromatic nitrogens is 1. The van der Waals surface area contributed by atoms with Gasteiger partial charge in [-0.2, -0.15) is 4.98 Å². The van der Waals surface area contributed by atoms with Gasteiger partial charge in [0.05, 0.1) is 4.88 Å². The quantitative estimate of drug-likeness (QED) is 0.768. The van der Waals surface area contributed by atoms with Crippen molar-refractivity contribution in [2.75, 3.05) is 5.73 Å². The molecular formula is C9H8N2O2S. The Labute approximate surface area is 84.4 Å². The molecule has 14 heavy (non-hydrogen) atoms. The zero-order chi connectivity index (χ0) is 10.1. The minimum atomic E-state index is -0.169. The average molecular weight is 208 g/mol. The molecular weight excluding hydrogens is 200 g/mol. The first-order valence-electron chi connectivity index (χ1n) is 3.99. The Bertz CT molecular complexity index is 459. The highest BCUT2D eigenvalue weighted by Crippen LogP contribution is 2.28. The van der Waals surface area contributed by atoms with Gasteiger partial charge in [0.25, 0.3) is 6.01 Å². The van der Waals surface area contributed by atoms with Gasteiger partial charge in [0, 0.05) is 6.92 Å². The lowest BCUT2D eigenvalue weighted by molar-refractivity contribution is 0.0989. The SMILES string of the molecule is CC(=O)c1oc(N)nc1-c1cccs1. The smallest absolute Gasteiger partial charge is 0.293 e. The normalized spacial score (nSPS) is 10.4. The van der Waals surface area contributed by atoms with Crippen molar-refractivity contribution in [1.29, 1.82) is 0 Å². The molecule has 2 aromatic heterocycles. The molecule has 0 aliphatic rings. The van der Waals surface area contributed by atoms with Crippen molar-refractivity contribution in [3.05, 3.63) is 23.3 Å². The number of anilines is 1. The highest BCUT2D eigenvalue weighted by molar-refractivity contribution is 7.13. The molecule has 0 aromatic carbocycles. The van der Waals surface area contributed by atoms with Gasteiger partial charge in [-0.15, -0.1) is 11.3 Å². The highest BCUT2D eigenvalue weighted by Gasteiger charge is 2.17. The summed E-state index contributed by atoms with van der Waals surface area (Å²) in [5, 5.41) is 1.91. The van der Waals surface area contributed by atoms with Crippen molar-refractivity contribution < 1.29 is 9.21 Å². The van der Waals surface area contributed by atoms with E-state index in [-0.39, 0.29) is 17.6 Å². The van der Waals surface area contributed by atoms with Crippen molar-refractivity contribution >= 4 is 23.1 Å². The molecule has 2 rings (SSSR count). The monoisotopic (exact) mass is 208 g/mol. The second-order valence-electron chi connectivity index (χ2n) is 2.76. The summed E-state index contributed by atoms with van der Waals surface area (Å²) in [5.41, 5.74) is 5.93. The van der Waals surface area contributed by atoms with Crippen LogP contribution in [0.4, 0.5) is 6.01 Å². The van der Waals surface area contributed by atoms with Crippen LogP contribution in [0.25, 0.3) is 10.6 Å². The molecule has 0 spiro atoms. The molecule has 2 N–H and O–H groups in total. The Morgan fingerprint density at radius 2 is 2.43 bits per heavy atom. The highest BCUT2D eigenvalue weighted by atomic mass is 32.1. The average Bonchev–Trinajstić information content (AvgIpc) is 2.70. The first kappa shape index (κ1) is 8.96. The summed E-state index contributed by atoms with van der Waals surface area (Å²) in [6.07, 6.45) is 0. The van der Waals surface area contributed by atoms with E-state index in [2.05, 4.69) is 4.98 Å². The zero-order valence-corrected chi connectivity index (χ0v) is 8.30. The van der Waals surface area contributed by atoms with Crippen LogP contribution in [0.5, 0.6) is 0 Å². The lowest BCUT2D eigenvalue weighted by atomic mass is 10.2. The molecule has 0 saturated carbocycles. The fourth-order valence-electron chi connectivity index (χ4n) is 1.16. The van der Waals surface area contributed by atoms with Crippen LogP contribution in [0.2, 0.25) is 0 Å². The number of hydrogen-bond donors (Lipinski definition) is 1. The molecule has 4 nitrogen and oxygen atoms in total. The van der Waals surface area contributed by atoms with Crippen molar-refractivity contribution in [2.45, 2.75) is 6.92 Å². The third-order valence-corrected chi connectivity index (χ3v) is 2.59. The summed E-state index contributed by atoms with van der Waals surface area (Å²) < 4.78 is 5.02. The fraction of sp³-hybridized carbons (Fsp3) is 0.111. The number of nitrogens with two attached hydrogens (primary N) is 1. The van der Waals surface area contributed by atoms with E-state index in [1.165, 1.54) is 18.3 Å². The second-order valence-corrected chi connectivity index (χ2v) is 3.71. The molecule has 72 valence electrons. The molecule has 0 fully saturated rings. The van der Waals surface area contributed by atoms with E-state index in [1.54, 1.807) is 0 Å². The maximum Gasteiger partial charge on any atom is 0.293 e. The van der Waals surface area contributed by atoms with Crippen LogP contribution in [0.3, 0.4) is 0 Å². The molecule has 0 unspecified atom stereocenters. The molecule has 5 heteroatoms. The van der Waals surface area contributed by atoms with Crippen molar-refractivity contribution in [2.24, 2.45) is 0 Å². The van der Waals surface area contributed by atoms with Crippen LogP contribution < -0.4 is 5.73 Å². The number of thiophene rings is 1. The summed E-state index contributed by atoms with van der Waals surface area (Å²) in [4.78, 5) is 16.0. The Hall–Kier alpha value is -1.62. The minimum absolute atomic E-state index is 0.0265. The summed E-state index contributed by atoms with van der Waals surface area (Å²) >= 11 is 1.49. The third kappa shape index (κ3) is 1.42. The first-order valence-corrected chi connectivity index (χ1v) is 4.87. The first-order chi connectivity index (χ1) is 6.68. The van der Waals surface area contributed by atoms with Gasteiger partial charge in [0.1, 0.15) is 5.69 Å². The number of Topliss-reactive ketones (excluding diaryl/α,β-unsaturated/α-hetero) is 1. The van der Waals surface area contributed by atoms with Gasteiger partial charge < -0.3 is 10.2 Å². The Kier molecular flexibility index (Phi) is 2.09. The van der Waals surface area contributed by atoms with E-state index in [0.29, 0.717) is 5.69 Å². The van der Waals surface area contributed by atoms with Crippen LogP contribution in [0, 0.1) is 0 Å². The number of nitrogen functional groups attached to an aromatic ring is 1. The largest absolute Gasteiger partial charge is 0.420 e. The molecule has 0 aliphatic heterocycles. The molecule has 0 radical (unpaired) electrons. The maximum atomic E-state index is 11.2. The van der Waals surface area contributed by atoms with Gasteiger partial charge in [0.2, 0.25) is 5.76 Å². The van der Waals surface area contributed by atoms with E-state index >= 15 is 0 Å². The van der Waals surface area contributed by atoms with Crippen molar-refractivity contribution in [1.82, 2.24) is 4.98 Å². The lowest BCUT2D eigenvalue weighted by Gasteiger charge is -1.91. The number of ketones is 1. The Balaban J connectivity index is 2.58. The van der Waals surface area contributed by atoms with E-state index in [1.807, 2.05) is 17.5 Å². The van der Waals surface area contributed by atoms with E-state index in [9.17, 15) is 4.79 Å². The summed E-state index contributed by atoms with van der Waals surface area (Å²) in [5.74, 6) is 0.0579. The lowest BCUT2D eigenvalue weighted by Crippen LogP contribution is -1.91. The van der Waals surface area contributed by atoms with Gasteiger partial charge in [-0.3, -0.25) is 4.79 Å². The van der Waals surface area contributed by atoms with E-state index in [4.69, 9.17) is 10.2 Å². The minimum Gasteiger partial charge on any atom is -0.420 e. The van der Waals surface area contributed by atoms with Gasteiger partial charge in [-0.25, -0.2) is 0 Å². The predicted molar refractivity (Wildman–Crippen MR) is 54.2 cm³/mol. The maximum absolute atomic E-state index is 11.2. The van der Waals surface area contributed by atoms with Crippen LogP contribution >= 0.6 is 11.3 Å². The molecule has 2 aromatic rings. The van der Waals surface area contributed by atoms with E-state index < -0.39 is 0 Å². The van der Waals surface area contributed by atoms with Crippen LogP contribution in [-0.2, 0) is 0 Å². The van der Waals surface area contributed by atoms with Crippen LogP contribution in [-0.4, -0.2) is 10.8 Å². The number of rotatable bonds is 2. The third-order valence-electron chi connectivity index (χ3n) is 1.72. The van der Waals surface area contributed by atoms with Crippen molar-refractivity contribution in [3.8, 4) is 10.6 Å². The van der Waals surface area contributed by atoms with Gasteiger partial charge in [-0.05, 0) is 11.4 Å². The van der Waals surface area contributed by atoms with Gasteiger partial charge in [-0.1, -0.05) is 6.07 Å². The number of hydrogen-bond acceptors (Lipinski definition) is 5. The van der Waals surface area contributed by atoms with Gasteiger partial charge >= 0.3 is 0 Å². The fourth-order valence-corrected chi connectivity index (χ4v) is 1.87. The van der Waals surface area contributed by atoms with Crippen LogP contribution in [0.1, 0.15) is 17.5 Å². The summed E-state index contributed by atoms with van der Waals surface area (Å²) in [6.45, 7) is 1.43. The Morgan fingerprint density at radius 1 is 1.64 bits per heavy atom. The second kappa shape index (κ2) is 3.26. The number of nitrogens with zero attached hydrogens (tertiary/aromatic N) is 1. The number of carbonyl (C=O) groups is 1. The number of oxazole rings is 1. The standard InChI is InChI=1S/C9H8N2O2S/c1-5(12)8-7(11-9(10)13-8)6-3-2-4-14-6/h2-4H,1H3,(H2,10,11). The van der Waals surface area contributed by atoms with Crippen LogP contribution in [0.15, 0.2) is 21.9 Å². The molecule has 0 amide bonds. The predicted octanol–water partition coefficient (Wildman–Crippen LogP) is 2.19. The molecule has 2 heterocycles. The molecule has 0 aliphatic carbocycles. The molecule has 0 bridgehead atoms. The Morgan fingerprint density at radius 3 is 3.00 bits per heavy atom. The molecule has 0 atom stereocenters. The topological polar surface area (TPSA) is 69.1 Å². The van der Waals surface area contributed by atoms with Gasteiger partial charge in [0.15, 0.2) is 5.78 Å². The summed E-state index contributed by atoms with van der Waals surface area (Å²) in [7, 11) is 0. The number of carbonyl (C=O) groups excluding carboxylic acids is 1. The van der Waals surface area contributed by atoms with E-state index in [0.717, 1.165) is 4.88 Å². The zero-order valence-electron chi connectivity index (χ0n) is 7.48. The molecule has 0 saturated heterocycles. The van der Waals surface area contributed by atoms with Crippen molar-refractivity contribution in [3.63, 3.8) is 0 Å².